The Balaban J connectivity index is 2.60. The third kappa shape index (κ3) is 2.72. The second-order valence-corrected chi connectivity index (χ2v) is 3.83. The van der Waals surface area contributed by atoms with Gasteiger partial charge in [0.1, 0.15) is 5.82 Å². The van der Waals surface area contributed by atoms with E-state index in [1.807, 2.05) is 0 Å². The second kappa shape index (κ2) is 4.60. The van der Waals surface area contributed by atoms with Gasteiger partial charge in [-0.05, 0) is 23.8 Å². The molecule has 6 heteroatoms. The van der Waals surface area contributed by atoms with Gasteiger partial charge in [-0.15, -0.1) is 0 Å². The van der Waals surface area contributed by atoms with Crippen LogP contribution < -0.4 is 0 Å². The van der Waals surface area contributed by atoms with Gasteiger partial charge in [-0.1, -0.05) is 12.1 Å². The molecule has 2 aromatic rings. The van der Waals surface area contributed by atoms with Crippen molar-refractivity contribution in [1.29, 1.82) is 0 Å². The monoisotopic (exact) mass is 276 g/mol. The summed E-state index contributed by atoms with van der Waals surface area (Å²) in [6, 6.07) is 4.58. The molecular weight excluding hydrogens is 270 g/mol. The van der Waals surface area contributed by atoms with Crippen molar-refractivity contribution in [1.82, 2.24) is 0 Å². The highest BCUT2D eigenvalue weighted by Gasteiger charge is 2.30. The summed E-state index contributed by atoms with van der Waals surface area (Å²) in [4.78, 5) is 0. The molecule has 0 atom stereocenters. The van der Waals surface area contributed by atoms with Gasteiger partial charge in [0, 0.05) is 11.6 Å². The van der Waals surface area contributed by atoms with Crippen molar-refractivity contribution in [3.63, 3.8) is 0 Å². The molecule has 0 spiro atoms. The van der Waals surface area contributed by atoms with Crippen LogP contribution in [0.1, 0.15) is 5.56 Å². The van der Waals surface area contributed by atoms with E-state index in [2.05, 4.69) is 0 Å². The van der Waals surface area contributed by atoms with Gasteiger partial charge < -0.3 is 0 Å². The van der Waals surface area contributed by atoms with Crippen molar-refractivity contribution < 1.29 is 26.3 Å². The molecule has 2 rings (SSSR count). The van der Waals surface area contributed by atoms with Gasteiger partial charge >= 0.3 is 6.18 Å². The molecular formula is C13H6F6. The van der Waals surface area contributed by atoms with Gasteiger partial charge in [0.2, 0.25) is 0 Å². The third-order valence-electron chi connectivity index (χ3n) is 2.49. The molecule has 0 saturated carbocycles. The first-order valence-corrected chi connectivity index (χ1v) is 5.11. The number of alkyl halides is 3. The Morgan fingerprint density at radius 1 is 0.842 bits per heavy atom. The van der Waals surface area contributed by atoms with Crippen LogP contribution in [-0.4, -0.2) is 0 Å². The average molecular weight is 276 g/mol. The summed E-state index contributed by atoms with van der Waals surface area (Å²) in [5, 5.41) is 0. The smallest absolute Gasteiger partial charge is 0.207 e. The maximum atomic E-state index is 13.5. The van der Waals surface area contributed by atoms with E-state index < -0.39 is 34.8 Å². The molecule has 0 N–H and O–H groups in total. The van der Waals surface area contributed by atoms with Gasteiger partial charge in [-0.25, -0.2) is 13.2 Å². The molecule has 2 aromatic carbocycles. The van der Waals surface area contributed by atoms with Gasteiger partial charge in [-0.3, -0.25) is 0 Å². The van der Waals surface area contributed by atoms with Crippen molar-refractivity contribution in [2.75, 3.05) is 0 Å². The van der Waals surface area contributed by atoms with Crippen molar-refractivity contribution in [3.05, 3.63) is 59.4 Å². The van der Waals surface area contributed by atoms with Gasteiger partial charge in [0.25, 0.3) is 0 Å². The molecule has 0 aliphatic heterocycles. The zero-order valence-electron chi connectivity index (χ0n) is 9.23. The van der Waals surface area contributed by atoms with Crippen LogP contribution in [0, 0.1) is 17.5 Å². The molecule has 0 nitrogen and oxygen atoms in total. The Hall–Kier alpha value is -1.98. The number of benzene rings is 2. The van der Waals surface area contributed by atoms with Crippen LogP contribution in [0.4, 0.5) is 26.3 Å². The van der Waals surface area contributed by atoms with Crippen LogP contribution in [0.15, 0.2) is 36.4 Å². The molecule has 0 aliphatic rings. The quantitative estimate of drug-likeness (QED) is 0.519. The topological polar surface area (TPSA) is 0 Å². The maximum Gasteiger partial charge on any atom is 0.416 e. The van der Waals surface area contributed by atoms with Crippen LogP contribution in [0.5, 0.6) is 0 Å². The summed E-state index contributed by atoms with van der Waals surface area (Å²) in [6.45, 7) is 0. The van der Waals surface area contributed by atoms with E-state index in [-0.39, 0.29) is 5.56 Å². The average Bonchev–Trinajstić information content (AvgIpc) is 2.33. The summed E-state index contributed by atoms with van der Waals surface area (Å²) in [5.74, 6) is -3.90. The summed E-state index contributed by atoms with van der Waals surface area (Å²) in [7, 11) is 0. The Labute approximate surface area is 104 Å². The van der Waals surface area contributed by atoms with Crippen molar-refractivity contribution in [3.8, 4) is 11.1 Å². The zero-order chi connectivity index (χ0) is 14.2. The molecule has 0 radical (unpaired) electrons. The zero-order valence-corrected chi connectivity index (χ0v) is 9.23. The second-order valence-electron chi connectivity index (χ2n) is 3.83. The van der Waals surface area contributed by atoms with E-state index in [1.54, 1.807) is 0 Å². The Morgan fingerprint density at radius 3 is 2.16 bits per heavy atom. The largest absolute Gasteiger partial charge is 0.416 e. The molecule has 0 aromatic heterocycles. The van der Waals surface area contributed by atoms with E-state index in [4.69, 9.17) is 0 Å². The van der Waals surface area contributed by atoms with E-state index in [1.165, 1.54) is 0 Å². The van der Waals surface area contributed by atoms with Crippen LogP contribution in [0.2, 0.25) is 0 Å². The molecule has 0 saturated heterocycles. The van der Waals surface area contributed by atoms with Crippen LogP contribution in [0.25, 0.3) is 11.1 Å². The Bertz CT molecular complexity index is 615. The predicted octanol–water partition coefficient (Wildman–Crippen LogP) is 4.79. The summed E-state index contributed by atoms with van der Waals surface area (Å²) < 4.78 is 77.0. The number of hydrogen-bond acceptors (Lipinski definition) is 0. The number of halogens is 6. The predicted molar refractivity (Wildman–Crippen MR) is 56.8 cm³/mol. The van der Waals surface area contributed by atoms with Crippen molar-refractivity contribution >= 4 is 0 Å². The van der Waals surface area contributed by atoms with Gasteiger partial charge in [0.05, 0.1) is 5.56 Å². The first-order chi connectivity index (χ1) is 8.79. The van der Waals surface area contributed by atoms with E-state index >= 15 is 0 Å². The molecule has 19 heavy (non-hydrogen) atoms. The van der Waals surface area contributed by atoms with E-state index in [9.17, 15) is 26.3 Å². The first kappa shape index (κ1) is 13.5. The van der Waals surface area contributed by atoms with Gasteiger partial charge in [0.15, 0.2) is 11.6 Å². The van der Waals surface area contributed by atoms with Crippen molar-refractivity contribution in [2.45, 2.75) is 6.18 Å². The fraction of sp³-hybridized carbons (Fsp3) is 0.0769. The normalized spacial score (nSPS) is 11.7. The Kier molecular flexibility index (Phi) is 3.26. The fourth-order valence-electron chi connectivity index (χ4n) is 1.63. The van der Waals surface area contributed by atoms with Crippen LogP contribution in [-0.2, 0) is 6.18 Å². The third-order valence-corrected chi connectivity index (χ3v) is 2.49. The standard InChI is InChI=1S/C13H6F6/c14-9-5-10(12(16)11(15)6-9)7-2-1-3-8(4-7)13(17,18)19/h1-6H. The highest BCUT2D eigenvalue weighted by molar-refractivity contribution is 5.65. The number of hydrogen-bond donors (Lipinski definition) is 0. The first-order valence-electron chi connectivity index (χ1n) is 5.11. The molecule has 0 unspecified atom stereocenters. The maximum absolute atomic E-state index is 13.5. The highest BCUT2D eigenvalue weighted by atomic mass is 19.4. The van der Waals surface area contributed by atoms with Crippen LogP contribution >= 0.6 is 0 Å². The van der Waals surface area contributed by atoms with Crippen LogP contribution in [0.3, 0.4) is 0 Å². The highest BCUT2D eigenvalue weighted by Crippen LogP contribution is 2.33. The number of rotatable bonds is 1. The lowest BCUT2D eigenvalue weighted by Crippen LogP contribution is -2.04. The lowest BCUT2D eigenvalue weighted by molar-refractivity contribution is -0.137. The minimum atomic E-state index is -4.61. The molecule has 0 fully saturated rings. The summed E-state index contributed by atoms with van der Waals surface area (Å²) >= 11 is 0. The van der Waals surface area contributed by atoms with E-state index in [0.29, 0.717) is 18.2 Å². The molecule has 100 valence electrons. The SMILES string of the molecule is Fc1cc(F)c(F)c(-c2cccc(C(F)(F)F)c2)c1. The molecule has 0 bridgehead atoms. The van der Waals surface area contributed by atoms with E-state index in [0.717, 1.165) is 18.2 Å². The van der Waals surface area contributed by atoms with Crippen molar-refractivity contribution in [2.24, 2.45) is 0 Å². The lowest BCUT2D eigenvalue weighted by Gasteiger charge is -2.10. The minimum absolute atomic E-state index is 0.245. The van der Waals surface area contributed by atoms with Gasteiger partial charge in [-0.2, -0.15) is 13.2 Å². The molecule has 0 aliphatic carbocycles. The lowest BCUT2D eigenvalue weighted by atomic mass is 10.0. The summed E-state index contributed by atoms with van der Waals surface area (Å²) in [6.07, 6.45) is -4.61. The summed E-state index contributed by atoms with van der Waals surface area (Å²) in [5.41, 5.74) is -1.82. The Morgan fingerprint density at radius 2 is 1.53 bits per heavy atom. The molecule has 0 amide bonds. The minimum Gasteiger partial charge on any atom is -0.207 e. The fourth-order valence-corrected chi connectivity index (χ4v) is 1.63. The molecule has 0 heterocycles.